The normalized spacial score (nSPS) is 11.7. The van der Waals surface area contributed by atoms with Gasteiger partial charge in [-0.3, -0.25) is 4.72 Å². The molecule has 0 heterocycles. The Labute approximate surface area is 204 Å². The predicted octanol–water partition coefficient (Wildman–Crippen LogP) is 3.60. The monoisotopic (exact) mass is 524 g/mol. The Bertz CT molecular complexity index is 1360. The van der Waals surface area contributed by atoms with E-state index >= 15 is 0 Å². The van der Waals surface area contributed by atoms with Crippen LogP contribution in [0.4, 0.5) is 5.69 Å². The van der Waals surface area contributed by atoms with E-state index < -0.39 is 20.0 Å². The van der Waals surface area contributed by atoms with Crippen LogP contribution in [0.1, 0.15) is 11.1 Å². The number of halogens is 1. The molecular weight excluding hydrogens is 500 g/mol. The maximum atomic E-state index is 12.7. The van der Waals surface area contributed by atoms with Gasteiger partial charge in [0.05, 0.1) is 25.2 Å². The lowest BCUT2D eigenvalue weighted by Crippen LogP contribution is -2.21. The minimum atomic E-state index is -4.09. The van der Waals surface area contributed by atoms with Crippen molar-refractivity contribution in [3.63, 3.8) is 0 Å². The lowest BCUT2D eigenvalue weighted by atomic mass is 10.1. The van der Waals surface area contributed by atoms with Gasteiger partial charge in [-0.1, -0.05) is 48.0 Å². The minimum Gasteiger partial charge on any atom is -0.496 e. The van der Waals surface area contributed by atoms with Crippen molar-refractivity contribution in [1.29, 1.82) is 0 Å². The topological polar surface area (TPSA) is 125 Å². The number of methoxy groups -OCH3 is 1. The maximum Gasteiger partial charge on any atom is 0.240 e. The summed E-state index contributed by atoms with van der Waals surface area (Å²) in [7, 11) is -6.38. The highest BCUT2D eigenvalue weighted by Crippen LogP contribution is 2.26. The highest BCUT2D eigenvalue weighted by molar-refractivity contribution is 7.93. The molecule has 0 aromatic heterocycles. The SMILES string of the molecule is COc1ccccc1CCOc1cc(Cl)ccc1CCS(=O)(=O)Nc1ccccc1S(N)(=O)=O. The fourth-order valence-corrected chi connectivity index (χ4v) is 5.34. The van der Waals surface area contributed by atoms with Gasteiger partial charge in [0.15, 0.2) is 0 Å². The van der Waals surface area contributed by atoms with E-state index in [4.69, 9.17) is 26.2 Å². The Morgan fingerprint density at radius 3 is 2.29 bits per heavy atom. The van der Waals surface area contributed by atoms with Gasteiger partial charge in [-0.05, 0) is 47.9 Å². The number of sulfonamides is 2. The fourth-order valence-electron chi connectivity index (χ4n) is 3.31. The van der Waals surface area contributed by atoms with Crippen LogP contribution in [0.2, 0.25) is 5.02 Å². The van der Waals surface area contributed by atoms with Crippen LogP contribution in [0.3, 0.4) is 0 Å². The predicted molar refractivity (Wildman–Crippen MR) is 133 cm³/mol. The number of primary sulfonamides is 1. The first-order chi connectivity index (χ1) is 16.1. The molecule has 0 saturated carbocycles. The van der Waals surface area contributed by atoms with Crippen LogP contribution in [0.5, 0.6) is 11.5 Å². The van der Waals surface area contributed by atoms with Crippen LogP contribution < -0.4 is 19.3 Å². The Balaban J connectivity index is 1.69. The van der Waals surface area contributed by atoms with E-state index in [-0.39, 0.29) is 22.8 Å². The van der Waals surface area contributed by atoms with Crippen molar-refractivity contribution in [3.8, 4) is 11.5 Å². The molecule has 8 nitrogen and oxygen atoms in total. The molecule has 0 unspecified atom stereocenters. The summed E-state index contributed by atoms with van der Waals surface area (Å²) in [6.07, 6.45) is 0.703. The van der Waals surface area contributed by atoms with Gasteiger partial charge in [-0.15, -0.1) is 0 Å². The third-order valence-electron chi connectivity index (χ3n) is 4.95. The number of nitrogens with one attached hydrogen (secondary N) is 1. The molecule has 0 saturated heterocycles. The van der Waals surface area contributed by atoms with Gasteiger partial charge < -0.3 is 9.47 Å². The number of benzene rings is 3. The third kappa shape index (κ3) is 7.10. The number of ether oxygens (including phenoxy) is 2. The first kappa shape index (κ1) is 25.8. The molecule has 0 atom stereocenters. The molecule has 34 heavy (non-hydrogen) atoms. The van der Waals surface area contributed by atoms with Crippen LogP contribution in [0.25, 0.3) is 0 Å². The van der Waals surface area contributed by atoms with E-state index in [1.165, 1.54) is 24.3 Å². The second kappa shape index (κ2) is 11.1. The van der Waals surface area contributed by atoms with E-state index in [0.29, 0.717) is 29.4 Å². The zero-order valence-electron chi connectivity index (χ0n) is 18.4. The van der Waals surface area contributed by atoms with E-state index in [1.54, 1.807) is 25.3 Å². The van der Waals surface area contributed by atoms with Gasteiger partial charge in [-0.2, -0.15) is 0 Å². The van der Waals surface area contributed by atoms with Crippen molar-refractivity contribution in [1.82, 2.24) is 0 Å². The minimum absolute atomic E-state index is 0.102. The van der Waals surface area contributed by atoms with Crippen LogP contribution in [-0.2, 0) is 32.9 Å². The molecule has 0 radical (unpaired) electrons. The lowest BCUT2D eigenvalue weighted by molar-refractivity contribution is 0.315. The van der Waals surface area contributed by atoms with Crippen LogP contribution in [0.15, 0.2) is 71.6 Å². The summed E-state index contributed by atoms with van der Waals surface area (Å²) in [5.41, 5.74) is 1.53. The molecule has 0 fully saturated rings. The number of hydrogen-bond acceptors (Lipinski definition) is 6. The zero-order chi connectivity index (χ0) is 24.8. The quantitative estimate of drug-likeness (QED) is 0.395. The molecule has 0 amide bonds. The molecule has 0 aliphatic rings. The molecule has 182 valence electrons. The van der Waals surface area contributed by atoms with Gasteiger partial charge >= 0.3 is 0 Å². The van der Waals surface area contributed by atoms with Gasteiger partial charge in [0.1, 0.15) is 16.4 Å². The lowest BCUT2D eigenvalue weighted by Gasteiger charge is -2.14. The van der Waals surface area contributed by atoms with E-state index in [1.807, 2.05) is 24.3 Å². The van der Waals surface area contributed by atoms with Crippen molar-refractivity contribution in [2.24, 2.45) is 5.14 Å². The standard InChI is InChI=1S/C23H25ClN2O6S2/c1-31-21-8-4-2-6-17(21)12-14-32-22-16-19(24)11-10-18(22)13-15-33(27,28)26-20-7-3-5-9-23(20)34(25,29)30/h2-11,16,26H,12-15H2,1H3,(H2,25,29,30). The Hall–Kier alpha value is -2.79. The highest BCUT2D eigenvalue weighted by Gasteiger charge is 2.19. The molecule has 11 heteroatoms. The Morgan fingerprint density at radius 1 is 0.882 bits per heavy atom. The van der Waals surface area contributed by atoms with Gasteiger partial charge in [0.2, 0.25) is 20.0 Å². The molecule has 3 aromatic rings. The number of nitrogens with two attached hydrogens (primary N) is 1. The molecule has 0 bridgehead atoms. The van der Waals surface area contributed by atoms with Crippen LogP contribution >= 0.6 is 11.6 Å². The second-order valence-electron chi connectivity index (χ2n) is 7.37. The highest BCUT2D eigenvalue weighted by atomic mass is 35.5. The number of anilines is 1. The van der Waals surface area contributed by atoms with Crippen LogP contribution in [-0.4, -0.2) is 36.3 Å². The number of hydrogen-bond donors (Lipinski definition) is 2. The molecule has 0 aliphatic heterocycles. The number of aryl methyl sites for hydroxylation is 1. The fraction of sp³-hybridized carbons (Fsp3) is 0.217. The summed E-state index contributed by atoms with van der Waals surface area (Å²) >= 11 is 6.12. The van der Waals surface area contributed by atoms with Gasteiger partial charge in [0, 0.05) is 11.4 Å². The molecule has 0 spiro atoms. The van der Waals surface area contributed by atoms with Crippen molar-refractivity contribution in [2.75, 3.05) is 24.2 Å². The molecular formula is C23H25ClN2O6S2. The zero-order valence-corrected chi connectivity index (χ0v) is 20.8. The second-order valence-corrected chi connectivity index (χ2v) is 11.2. The van der Waals surface area contributed by atoms with E-state index in [2.05, 4.69) is 4.72 Å². The van der Waals surface area contributed by atoms with Crippen molar-refractivity contribution in [2.45, 2.75) is 17.7 Å². The first-order valence-electron chi connectivity index (χ1n) is 10.2. The Morgan fingerprint density at radius 2 is 1.56 bits per heavy atom. The maximum absolute atomic E-state index is 12.7. The molecule has 3 rings (SSSR count). The largest absolute Gasteiger partial charge is 0.496 e. The summed E-state index contributed by atoms with van der Waals surface area (Å²) in [4.78, 5) is -0.301. The average Bonchev–Trinajstić information content (AvgIpc) is 2.78. The van der Waals surface area contributed by atoms with Gasteiger partial charge in [-0.25, -0.2) is 22.0 Å². The van der Waals surface area contributed by atoms with Crippen molar-refractivity contribution < 1.29 is 26.3 Å². The number of rotatable bonds is 11. The van der Waals surface area contributed by atoms with Crippen molar-refractivity contribution in [3.05, 3.63) is 82.9 Å². The summed E-state index contributed by atoms with van der Waals surface area (Å²) in [5.74, 6) is 0.924. The Kier molecular flexibility index (Phi) is 8.42. The molecule has 0 aliphatic carbocycles. The van der Waals surface area contributed by atoms with Crippen LogP contribution in [0, 0.1) is 0 Å². The summed E-state index contributed by atoms with van der Waals surface area (Å²) in [6.45, 7) is 0.334. The third-order valence-corrected chi connectivity index (χ3v) is 7.43. The summed E-state index contributed by atoms with van der Waals surface area (Å²) in [6, 6.07) is 18.1. The summed E-state index contributed by atoms with van der Waals surface area (Å²) < 4.78 is 62.4. The average molecular weight is 525 g/mol. The number of para-hydroxylation sites is 2. The van der Waals surface area contributed by atoms with E-state index in [0.717, 1.165) is 11.3 Å². The van der Waals surface area contributed by atoms with Crippen molar-refractivity contribution >= 4 is 37.3 Å². The summed E-state index contributed by atoms with van der Waals surface area (Å²) in [5, 5.41) is 5.64. The molecule has 3 N–H and O–H groups in total. The van der Waals surface area contributed by atoms with Gasteiger partial charge in [0.25, 0.3) is 0 Å². The smallest absolute Gasteiger partial charge is 0.240 e. The van der Waals surface area contributed by atoms with E-state index in [9.17, 15) is 16.8 Å². The first-order valence-corrected chi connectivity index (χ1v) is 13.8. The molecule has 3 aromatic carbocycles.